The summed E-state index contributed by atoms with van der Waals surface area (Å²) in [6.45, 7) is 3.09. The molecule has 3 heterocycles. The molecule has 0 unspecified atom stereocenters. The highest BCUT2D eigenvalue weighted by atomic mass is 79.9. The molecular formula is C35H33BrCl2FN5O4. The van der Waals surface area contributed by atoms with Gasteiger partial charge in [-0.05, 0) is 66.2 Å². The van der Waals surface area contributed by atoms with Crippen LogP contribution in [0.15, 0.2) is 85.1 Å². The number of alkyl halides is 1. The molecular weight excluding hydrogens is 724 g/mol. The van der Waals surface area contributed by atoms with Crippen molar-refractivity contribution in [3.05, 3.63) is 112 Å². The molecule has 1 aliphatic rings. The minimum absolute atomic E-state index is 0. The Morgan fingerprint density at radius 1 is 0.896 bits per heavy atom. The maximum atomic E-state index is 13.5. The third kappa shape index (κ3) is 8.27. The van der Waals surface area contributed by atoms with Gasteiger partial charge < -0.3 is 24.3 Å². The molecule has 1 fully saturated rings. The number of carbonyl (C=O) groups excluding carboxylic acids is 2. The number of rotatable bonds is 10. The zero-order chi connectivity index (χ0) is 32.9. The molecule has 1 aliphatic heterocycles. The Kier molecular flexibility index (Phi) is 11.6. The van der Waals surface area contributed by atoms with Crippen molar-refractivity contribution in [2.24, 2.45) is 7.05 Å². The van der Waals surface area contributed by atoms with E-state index in [4.69, 9.17) is 32.7 Å². The molecule has 0 aliphatic carbocycles. The molecule has 13 heteroatoms. The molecule has 1 saturated heterocycles. The number of aromatic nitrogens is 2. The van der Waals surface area contributed by atoms with Crippen molar-refractivity contribution < 1.29 is 23.5 Å². The van der Waals surface area contributed by atoms with Gasteiger partial charge in [-0.15, -0.1) is 17.0 Å². The first-order valence-electron chi connectivity index (χ1n) is 15.1. The lowest BCUT2D eigenvalue weighted by atomic mass is 10.2. The van der Waals surface area contributed by atoms with Crippen molar-refractivity contribution in [3.63, 3.8) is 0 Å². The summed E-state index contributed by atoms with van der Waals surface area (Å²) < 4.78 is 25.5. The summed E-state index contributed by atoms with van der Waals surface area (Å²) in [7, 11) is 1.89. The second kappa shape index (κ2) is 15.8. The molecule has 0 spiro atoms. The molecule has 9 nitrogen and oxygen atoms in total. The van der Waals surface area contributed by atoms with Crippen LogP contribution in [0.3, 0.4) is 0 Å². The quantitative estimate of drug-likeness (QED) is 0.157. The van der Waals surface area contributed by atoms with Crippen molar-refractivity contribution in [2.75, 3.05) is 44.8 Å². The summed E-state index contributed by atoms with van der Waals surface area (Å²) in [5.74, 6) is 1.22. The number of fused-ring (bicyclic) bond motifs is 1. The van der Waals surface area contributed by atoms with Crippen LogP contribution in [0.2, 0.25) is 10.0 Å². The van der Waals surface area contributed by atoms with Crippen LogP contribution in [-0.4, -0.2) is 70.6 Å². The largest absolute Gasteiger partial charge is 0.491 e. The molecule has 0 bridgehead atoms. The third-order valence-electron chi connectivity index (χ3n) is 7.97. The first-order chi connectivity index (χ1) is 22.8. The summed E-state index contributed by atoms with van der Waals surface area (Å²) >= 11 is 12.0. The molecule has 0 saturated carbocycles. The number of halogens is 4. The second-order valence-corrected chi connectivity index (χ2v) is 11.9. The van der Waals surface area contributed by atoms with E-state index >= 15 is 0 Å². The van der Waals surface area contributed by atoms with E-state index in [0.29, 0.717) is 57.5 Å². The lowest BCUT2D eigenvalue weighted by Crippen LogP contribution is -2.48. The Morgan fingerprint density at radius 3 is 2.33 bits per heavy atom. The van der Waals surface area contributed by atoms with Gasteiger partial charge in [0.2, 0.25) is 5.88 Å². The summed E-state index contributed by atoms with van der Waals surface area (Å²) in [5, 5.41) is 4.31. The Hall–Kier alpha value is -4.16. The number of piperazine rings is 1. The maximum absolute atomic E-state index is 13.5. The molecule has 250 valence electrons. The number of anilines is 1. The molecule has 48 heavy (non-hydrogen) atoms. The summed E-state index contributed by atoms with van der Waals surface area (Å²) in [4.78, 5) is 34.6. The van der Waals surface area contributed by atoms with Crippen LogP contribution in [0.5, 0.6) is 17.4 Å². The van der Waals surface area contributed by atoms with E-state index < -0.39 is 6.67 Å². The van der Waals surface area contributed by atoms with E-state index in [9.17, 15) is 14.0 Å². The van der Waals surface area contributed by atoms with Crippen molar-refractivity contribution in [3.8, 4) is 17.4 Å². The number of hydrogen-bond acceptors (Lipinski definition) is 6. The number of nitrogens with zero attached hydrogens (tertiary/aromatic N) is 4. The third-order valence-corrected chi connectivity index (χ3v) is 8.71. The number of pyridine rings is 1. The molecule has 5 aromatic rings. The monoisotopic (exact) mass is 755 g/mol. The summed E-state index contributed by atoms with van der Waals surface area (Å²) in [5.41, 5.74) is 3.52. The Balaban J connectivity index is 0.00000451. The van der Waals surface area contributed by atoms with Crippen LogP contribution >= 0.6 is 40.2 Å². The smallest absolute Gasteiger partial charge is 0.270 e. The highest BCUT2D eigenvalue weighted by molar-refractivity contribution is 8.93. The fourth-order valence-corrected chi connectivity index (χ4v) is 5.75. The number of nitrogens with one attached hydrogen (secondary N) is 1. The number of benzene rings is 3. The minimum Gasteiger partial charge on any atom is -0.491 e. The van der Waals surface area contributed by atoms with Gasteiger partial charge in [0.1, 0.15) is 30.5 Å². The van der Waals surface area contributed by atoms with Gasteiger partial charge in [-0.3, -0.25) is 14.5 Å². The van der Waals surface area contributed by atoms with Gasteiger partial charge in [0, 0.05) is 62.3 Å². The van der Waals surface area contributed by atoms with Crippen molar-refractivity contribution >= 4 is 68.6 Å². The zero-order valence-corrected chi connectivity index (χ0v) is 29.2. The lowest BCUT2D eigenvalue weighted by molar-refractivity contribution is 0.0619. The molecule has 3 aromatic carbocycles. The van der Waals surface area contributed by atoms with E-state index in [1.54, 1.807) is 24.3 Å². The predicted octanol–water partition coefficient (Wildman–Crippen LogP) is 7.81. The topological polar surface area (TPSA) is 88.9 Å². The Labute approximate surface area is 297 Å². The predicted molar refractivity (Wildman–Crippen MR) is 191 cm³/mol. The SMILES string of the molecule is Br.Cn1c(C(=O)N2CCN(Cc3ccc(OCCF)cc3)CC2)cc2cc(Oc3ccc(NC(=O)c4ccc(Cl)c(Cl)c4)cn3)ccc21. The van der Waals surface area contributed by atoms with E-state index in [0.717, 1.165) is 36.1 Å². The van der Waals surface area contributed by atoms with Crippen LogP contribution in [0.25, 0.3) is 10.9 Å². The van der Waals surface area contributed by atoms with E-state index in [2.05, 4.69) is 15.2 Å². The van der Waals surface area contributed by atoms with Crippen LogP contribution in [0.1, 0.15) is 26.4 Å². The number of hydrogen-bond donors (Lipinski definition) is 1. The second-order valence-electron chi connectivity index (χ2n) is 11.1. The highest BCUT2D eigenvalue weighted by Crippen LogP contribution is 2.28. The first kappa shape index (κ1) is 35.2. The van der Waals surface area contributed by atoms with Crippen LogP contribution in [0.4, 0.5) is 10.1 Å². The van der Waals surface area contributed by atoms with Crippen molar-refractivity contribution in [1.29, 1.82) is 0 Å². The molecule has 6 rings (SSSR count). The number of amides is 2. The average molecular weight is 757 g/mol. The fraction of sp³-hybridized carbons (Fsp3) is 0.229. The molecule has 2 amide bonds. The van der Waals surface area contributed by atoms with Gasteiger partial charge in [-0.1, -0.05) is 35.3 Å². The highest BCUT2D eigenvalue weighted by Gasteiger charge is 2.25. The molecule has 2 aromatic heterocycles. The van der Waals surface area contributed by atoms with E-state index in [-0.39, 0.29) is 35.4 Å². The molecule has 0 atom stereocenters. The molecule has 1 N–H and O–H groups in total. The van der Waals surface area contributed by atoms with Gasteiger partial charge in [0.25, 0.3) is 11.8 Å². The van der Waals surface area contributed by atoms with Crippen molar-refractivity contribution in [2.45, 2.75) is 6.54 Å². The maximum Gasteiger partial charge on any atom is 0.270 e. The van der Waals surface area contributed by atoms with Crippen LogP contribution < -0.4 is 14.8 Å². The van der Waals surface area contributed by atoms with Crippen molar-refractivity contribution in [1.82, 2.24) is 19.4 Å². The van der Waals surface area contributed by atoms with E-state index in [1.165, 1.54) is 12.3 Å². The van der Waals surface area contributed by atoms with Gasteiger partial charge in [-0.2, -0.15) is 0 Å². The number of carbonyl (C=O) groups is 2. The minimum atomic E-state index is -0.513. The first-order valence-corrected chi connectivity index (χ1v) is 15.8. The number of aryl methyl sites for hydroxylation is 1. The number of ether oxygens (including phenoxy) is 2. The van der Waals surface area contributed by atoms with Crippen LogP contribution in [0, 0.1) is 0 Å². The van der Waals surface area contributed by atoms with E-state index in [1.807, 2.05) is 65.0 Å². The van der Waals surface area contributed by atoms with Gasteiger partial charge in [0.15, 0.2) is 0 Å². The van der Waals surface area contributed by atoms with Gasteiger partial charge in [-0.25, -0.2) is 9.37 Å². The van der Waals surface area contributed by atoms with Gasteiger partial charge in [0.05, 0.1) is 21.9 Å². The summed E-state index contributed by atoms with van der Waals surface area (Å²) in [6.07, 6.45) is 1.50. The summed E-state index contributed by atoms with van der Waals surface area (Å²) in [6, 6.07) is 23.2. The average Bonchev–Trinajstić information content (AvgIpc) is 3.41. The Morgan fingerprint density at radius 2 is 1.65 bits per heavy atom. The lowest BCUT2D eigenvalue weighted by Gasteiger charge is -2.34. The van der Waals surface area contributed by atoms with Gasteiger partial charge >= 0.3 is 0 Å². The fourth-order valence-electron chi connectivity index (χ4n) is 5.45. The standard InChI is InChI=1S/C35H32Cl2FN5O4.BrH/c1-41-31-10-8-28(47-33-11-5-26(21-39-33)40-34(44)24-4-9-29(36)30(37)19-24)18-25(31)20-32(41)35(45)43-15-13-42(14-16-43)22-23-2-6-27(7-3-23)46-17-12-38;/h2-11,18-21H,12-17,22H2,1H3,(H,40,44);1H. The normalized spacial score (nSPS) is 13.2. The zero-order valence-electron chi connectivity index (χ0n) is 26.0. The molecule has 0 radical (unpaired) electrons. The Bertz CT molecular complexity index is 1900. The van der Waals surface area contributed by atoms with Crippen LogP contribution in [-0.2, 0) is 13.6 Å².